The molecule has 2 N–H and O–H groups in total. The SMILES string of the molecule is CCNCc1ccccc1NC(=O)c1ccc(OC(F)F)c(OC)c1.Cl. The zero-order valence-electron chi connectivity index (χ0n) is 14.4. The predicted molar refractivity (Wildman–Crippen MR) is 98.6 cm³/mol. The van der Waals surface area contributed by atoms with Gasteiger partial charge in [-0.15, -0.1) is 12.4 Å². The van der Waals surface area contributed by atoms with E-state index in [1.54, 1.807) is 6.07 Å². The number of carbonyl (C=O) groups excluding carboxylic acids is 1. The molecule has 0 saturated heterocycles. The van der Waals surface area contributed by atoms with Crippen molar-refractivity contribution in [2.24, 2.45) is 0 Å². The summed E-state index contributed by atoms with van der Waals surface area (Å²) < 4.78 is 34.1. The lowest BCUT2D eigenvalue weighted by atomic mass is 10.1. The van der Waals surface area contributed by atoms with Gasteiger partial charge in [0.25, 0.3) is 5.91 Å². The maximum absolute atomic E-state index is 12.5. The van der Waals surface area contributed by atoms with E-state index in [1.807, 2.05) is 25.1 Å². The van der Waals surface area contributed by atoms with Crippen molar-refractivity contribution in [1.82, 2.24) is 5.32 Å². The Kier molecular flexibility index (Phi) is 8.81. The van der Waals surface area contributed by atoms with Gasteiger partial charge in [0.15, 0.2) is 11.5 Å². The number of ether oxygens (including phenoxy) is 2. The van der Waals surface area contributed by atoms with Gasteiger partial charge in [0.05, 0.1) is 7.11 Å². The van der Waals surface area contributed by atoms with E-state index in [2.05, 4.69) is 15.4 Å². The highest BCUT2D eigenvalue weighted by molar-refractivity contribution is 6.05. The molecule has 2 rings (SSSR count). The second kappa shape index (κ2) is 10.6. The lowest BCUT2D eigenvalue weighted by Gasteiger charge is -2.13. The van der Waals surface area contributed by atoms with Crippen LogP contribution in [0.15, 0.2) is 42.5 Å². The van der Waals surface area contributed by atoms with E-state index in [-0.39, 0.29) is 35.4 Å². The second-order valence-electron chi connectivity index (χ2n) is 5.14. The lowest BCUT2D eigenvalue weighted by molar-refractivity contribution is -0.0512. The topological polar surface area (TPSA) is 59.6 Å². The van der Waals surface area contributed by atoms with Gasteiger partial charge in [0.2, 0.25) is 0 Å². The van der Waals surface area contributed by atoms with E-state index in [1.165, 1.54) is 25.3 Å². The molecule has 2 aromatic carbocycles. The maximum atomic E-state index is 12.5. The van der Waals surface area contributed by atoms with Crippen LogP contribution in [0.3, 0.4) is 0 Å². The number of benzene rings is 2. The van der Waals surface area contributed by atoms with Crippen molar-refractivity contribution in [3.63, 3.8) is 0 Å². The summed E-state index contributed by atoms with van der Waals surface area (Å²) in [6.45, 7) is 0.463. The minimum atomic E-state index is -2.97. The van der Waals surface area contributed by atoms with E-state index >= 15 is 0 Å². The smallest absolute Gasteiger partial charge is 0.387 e. The molecule has 8 heteroatoms. The first-order chi connectivity index (χ1) is 12.0. The monoisotopic (exact) mass is 386 g/mol. The Labute approximate surface area is 157 Å². The minimum absolute atomic E-state index is 0. The van der Waals surface area contributed by atoms with Crippen LogP contribution >= 0.6 is 12.4 Å². The van der Waals surface area contributed by atoms with Crippen LogP contribution in [0.5, 0.6) is 11.5 Å². The van der Waals surface area contributed by atoms with Crippen LogP contribution < -0.4 is 20.1 Å². The molecule has 0 spiro atoms. The third-order valence-corrected chi connectivity index (χ3v) is 3.47. The zero-order chi connectivity index (χ0) is 18.2. The van der Waals surface area contributed by atoms with E-state index in [0.717, 1.165) is 12.1 Å². The molecule has 0 aromatic heterocycles. The molecule has 5 nitrogen and oxygen atoms in total. The van der Waals surface area contributed by atoms with Crippen molar-refractivity contribution in [2.45, 2.75) is 20.1 Å². The largest absolute Gasteiger partial charge is 0.493 e. The molecule has 0 aliphatic carbocycles. The number of amides is 1. The van der Waals surface area contributed by atoms with Crippen molar-refractivity contribution >= 4 is 24.0 Å². The van der Waals surface area contributed by atoms with E-state index < -0.39 is 6.61 Å². The molecule has 0 aliphatic heterocycles. The van der Waals surface area contributed by atoms with Gasteiger partial charge in [0.1, 0.15) is 0 Å². The summed E-state index contributed by atoms with van der Waals surface area (Å²) in [5, 5.41) is 6.03. The Hall–Kier alpha value is -2.38. The molecule has 0 bridgehead atoms. The first kappa shape index (κ1) is 21.7. The average molecular weight is 387 g/mol. The van der Waals surface area contributed by atoms with Gasteiger partial charge in [-0.1, -0.05) is 25.1 Å². The summed E-state index contributed by atoms with van der Waals surface area (Å²) in [4.78, 5) is 12.5. The summed E-state index contributed by atoms with van der Waals surface area (Å²) in [6.07, 6.45) is 0. The zero-order valence-corrected chi connectivity index (χ0v) is 15.2. The molecule has 0 unspecified atom stereocenters. The fraction of sp³-hybridized carbons (Fsp3) is 0.278. The number of hydrogen-bond donors (Lipinski definition) is 2. The van der Waals surface area contributed by atoms with E-state index in [0.29, 0.717) is 12.2 Å². The van der Waals surface area contributed by atoms with Crippen LogP contribution in [-0.4, -0.2) is 26.2 Å². The van der Waals surface area contributed by atoms with Crippen LogP contribution in [0.4, 0.5) is 14.5 Å². The first-order valence-corrected chi connectivity index (χ1v) is 7.78. The van der Waals surface area contributed by atoms with Gasteiger partial charge in [-0.3, -0.25) is 4.79 Å². The molecular weight excluding hydrogens is 366 g/mol. The Balaban J connectivity index is 0.00000338. The highest BCUT2D eigenvalue weighted by Crippen LogP contribution is 2.30. The summed E-state index contributed by atoms with van der Waals surface area (Å²) in [7, 11) is 1.32. The van der Waals surface area contributed by atoms with Gasteiger partial charge in [0, 0.05) is 17.8 Å². The van der Waals surface area contributed by atoms with Gasteiger partial charge in [-0.25, -0.2) is 0 Å². The van der Waals surface area contributed by atoms with Crippen molar-refractivity contribution in [3.05, 3.63) is 53.6 Å². The Bertz CT molecular complexity index is 729. The second-order valence-corrected chi connectivity index (χ2v) is 5.14. The number of methoxy groups -OCH3 is 1. The number of para-hydroxylation sites is 1. The van der Waals surface area contributed by atoms with Crippen LogP contribution in [-0.2, 0) is 6.54 Å². The number of nitrogens with one attached hydrogen (secondary N) is 2. The van der Waals surface area contributed by atoms with E-state index in [4.69, 9.17) is 4.74 Å². The van der Waals surface area contributed by atoms with Crippen molar-refractivity contribution in [3.8, 4) is 11.5 Å². The summed E-state index contributed by atoms with van der Waals surface area (Å²) in [5.41, 5.74) is 1.90. The van der Waals surface area contributed by atoms with Crippen LogP contribution in [0.1, 0.15) is 22.8 Å². The highest BCUT2D eigenvalue weighted by atomic mass is 35.5. The fourth-order valence-corrected chi connectivity index (χ4v) is 2.25. The van der Waals surface area contributed by atoms with Crippen LogP contribution in [0.2, 0.25) is 0 Å². The molecule has 2 aromatic rings. The molecule has 0 radical (unpaired) electrons. The Morgan fingerprint density at radius 2 is 1.88 bits per heavy atom. The van der Waals surface area contributed by atoms with Crippen LogP contribution in [0, 0.1) is 0 Å². The van der Waals surface area contributed by atoms with Gasteiger partial charge < -0.3 is 20.1 Å². The number of halogens is 3. The minimum Gasteiger partial charge on any atom is -0.493 e. The summed E-state index contributed by atoms with van der Waals surface area (Å²) in [6, 6.07) is 11.5. The lowest BCUT2D eigenvalue weighted by Crippen LogP contribution is -2.17. The quantitative estimate of drug-likeness (QED) is 0.717. The molecule has 0 fully saturated rings. The molecule has 26 heavy (non-hydrogen) atoms. The first-order valence-electron chi connectivity index (χ1n) is 7.78. The molecule has 0 aliphatic rings. The maximum Gasteiger partial charge on any atom is 0.387 e. The van der Waals surface area contributed by atoms with Gasteiger partial charge in [-0.05, 0) is 36.4 Å². The van der Waals surface area contributed by atoms with Gasteiger partial charge >= 0.3 is 6.61 Å². The fourth-order valence-electron chi connectivity index (χ4n) is 2.25. The summed E-state index contributed by atoms with van der Waals surface area (Å²) in [5.74, 6) is -0.429. The third-order valence-electron chi connectivity index (χ3n) is 3.47. The molecule has 1 amide bonds. The Morgan fingerprint density at radius 1 is 1.15 bits per heavy atom. The standard InChI is InChI=1S/C18H20F2N2O3.ClH/c1-3-21-11-13-6-4-5-7-14(13)22-17(23)12-8-9-15(25-18(19)20)16(10-12)24-2;/h4-10,18,21H,3,11H2,1-2H3,(H,22,23);1H. The van der Waals surface area contributed by atoms with Gasteiger partial charge in [-0.2, -0.15) is 8.78 Å². The van der Waals surface area contributed by atoms with E-state index in [9.17, 15) is 13.6 Å². The highest BCUT2D eigenvalue weighted by Gasteiger charge is 2.15. The number of anilines is 1. The van der Waals surface area contributed by atoms with Crippen LogP contribution in [0.25, 0.3) is 0 Å². The normalized spacial score (nSPS) is 10.2. The summed E-state index contributed by atoms with van der Waals surface area (Å²) >= 11 is 0. The molecule has 0 atom stereocenters. The molecule has 142 valence electrons. The number of rotatable bonds is 8. The molecule has 0 heterocycles. The predicted octanol–water partition coefficient (Wildman–Crippen LogP) is 4.08. The molecular formula is C18H21ClF2N2O3. The third kappa shape index (κ3) is 5.86. The average Bonchev–Trinajstić information content (AvgIpc) is 2.60. The number of hydrogen-bond acceptors (Lipinski definition) is 4. The van der Waals surface area contributed by atoms with Crippen molar-refractivity contribution in [1.29, 1.82) is 0 Å². The Morgan fingerprint density at radius 3 is 2.54 bits per heavy atom. The number of carbonyl (C=O) groups is 1. The number of alkyl halides is 2. The molecule has 0 saturated carbocycles. The van der Waals surface area contributed by atoms with Crippen molar-refractivity contribution < 1.29 is 23.0 Å². The van der Waals surface area contributed by atoms with Crippen molar-refractivity contribution in [2.75, 3.05) is 19.0 Å².